The molecule has 0 radical (unpaired) electrons. The Kier molecular flexibility index (Phi) is 3.91. The molecule has 1 saturated heterocycles. The summed E-state index contributed by atoms with van der Waals surface area (Å²) in [6, 6.07) is 8.76. The second kappa shape index (κ2) is 5.13. The monoisotopic (exact) mass is 310 g/mol. The van der Waals surface area contributed by atoms with Gasteiger partial charge in [0.25, 0.3) is 0 Å². The average Bonchev–Trinajstić information content (AvgIpc) is 2.36. The largest absolute Gasteiger partial charge is 0.459 e. The van der Waals surface area contributed by atoms with Gasteiger partial charge in [-0.1, -0.05) is 18.2 Å². The maximum absolute atomic E-state index is 12.5. The molecule has 0 N–H and O–H groups in total. The molecule has 2 rings (SSSR count). The van der Waals surface area contributed by atoms with Crippen molar-refractivity contribution in [2.75, 3.05) is 0 Å². The number of esters is 1. The van der Waals surface area contributed by atoms with Crippen LogP contribution in [0.5, 0.6) is 0 Å². The Morgan fingerprint density at radius 2 is 1.52 bits per heavy atom. The van der Waals surface area contributed by atoms with Gasteiger partial charge in [-0.2, -0.15) is 0 Å². The van der Waals surface area contributed by atoms with Crippen LogP contribution in [0.2, 0.25) is 0 Å². The normalized spacial score (nSPS) is 23.4. The molecule has 21 heavy (non-hydrogen) atoms. The molecule has 0 bridgehead atoms. The zero-order chi connectivity index (χ0) is 15.9. The first-order chi connectivity index (χ1) is 9.57. The van der Waals surface area contributed by atoms with E-state index in [4.69, 9.17) is 4.74 Å². The highest BCUT2D eigenvalue weighted by Gasteiger charge is 2.53. The fourth-order valence-corrected chi connectivity index (χ4v) is 5.32. The van der Waals surface area contributed by atoms with Crippen molar-refractivity contribution in [3.63, 3.8) is 0 Å². The minimum absolute atomic E-state index is 0.331. The lowest BCUT2D eigenvalue weighted by atomic mass is 9.95. The molecule has 0 spiro atoms. The summed E-state index contributed by atoms with van der Waals surface area (Å²) in [7, 11) is -3.26. The summed E-state index contributed by atoms with van der Waals surface area (Å²) in [6.45, 7) is 6.80. The van der Waals surface area contributed by atoms with Gasteiger partial charge in [0.15, 0.2) is 9.84 Å². The van der Waals surface area contributed by atoms with Crippen molar-refractivity contribution in [2.45, 2.75) is 56.1 Å². The van der Waals surface area contributed by atoms with Crippen LogP contribution in [0.1, 0.15) is 50.9 Å². The quantitative estimate of drug-likeness (QED) is 0.788. The van der Waals surface area contributed by atoms with E-state index in [2.05, 4.69) is 0 Å². The molecule has 116 valence electrons. The van der Waals surface area contributed by atoms with Gasteiger partial charge < -0.3 is 4.74 Å². The van der Waals surface area contributed by atoms with Crippen LogP contribution in [0.4, 0.5) is 0 Å². The van der Waals surface area contributed by atoms with Gasteiger partial charge in [0.05, 0.1) is 15.1 Å². The van der Waals surface area contributed by atoms with Crippen LogP contribution >= 0.6 is 0 Å². The highest BCUT2D eigenvalue weighted by atomic mass is 32.2. The molecule has 1 aromatic rings. The lowest BCUT2D eigenvalue weighted by Gasteiger charge is -2.43. The topological polar surface area (TPSA) is 60.4 Å². The summed E-state index contributed by atoms with van der Waals surface area (Å²) < 4.78 is 28.8. The van der Waals surface area contributed by atoms with Crippen molar-refractivity contribution in [1.82, 2.24) is 0 Å². The summed E-state index contributed by atoms with van der Waals surface area (Å²) in [5.74, 6) is -0.397. The van der Waals surface area contributed by atoms with Gasteiger partial charge >= 0.3 is 5.97 Å². The van der Waals surface area contributed by atoms with Crippen molar-refractivity contribution in [3.05, 3.63) is 35.9 Å². The van der Waals surface area contributed by atoms with Gasteiger partial charge in [-0.3, -0.25) is 0 Å². The Balaban J connectivity index is 2.19. The number of hydrogen-bond donors (Lipinski definition) is 0. The Hall–Kier alpha value is -1.36. The second-order valence-electron chi connectivity index (χ2n) is 6.82. The summed E-state index contributed by atoms with van der Waals surface area (Å²) in [6.07, 6.45) is 0.278. The van der Waals surface area contributed by atoms with Gasteiger partial charge in [0, 0.05) is 12.8 Å². The number of rotatable bonds is 2. The first kappa shape index (κ1) is 16.0. The molecule has 5 heteroatoms. The molecule has 0 unspecified atom stereocenters. The van der Waals surface area contributed by atoms with Crippen molar-refractivity contribution >= 4 is 15.8 Å². The van der Waals surface area contributed by atoms with Crippen LogP contribution in [0.3, 0.4) is 0 Å². The van der Waals surface area contributed by atoms with Gasteiger partial charge in [-0.15, -0.1) is 0 Å². The molecule has 4 nitrogen and oxygen atoms in total. The van der Waals surface area contributed by atoms with Crippen LogP contribution in [0, 0.1) is 0 Å². The molecule has 1 heterocycles. The first-order valence-electron chi connectivity index (χ1n) is 7.07. The molecule has 0 aliphatic carbocycles. The molecule has 1 aliphatic heterocycles. The van der Waals surface area contributed by atoms with Crippen molar-refractivity contribution < 1.29 is 17.9 Å². The molecular weight excluding hydrogens is 288 g/mol. The van der Waals surface area contributed by atoms with E-state index in [9.17, 15) is 13.2 Å². The molecule has 0 aromatic heterocycles. The summed E-state index contributed by atoms with van der Waals surface area (Å²) in [5, 5.41) is 0. The van der Waals surface area contributed by atoms with E-state index in [0.717, 1.165) is 0 Å². The van der Waals surface area contributed by atoms with E-state index >= 15 is 0 Å². The second-order valence-corrected chi connectivity index (χ2v) is 10.0. The number of carbonyl (C=O) groups excluding carboxylic acids is 1. The predicted molar refractivity (Wildman–Crippen MR) is 82.0 cm³/mol. The average molecular weight is 310 g/mol. The zero-order valence-electron chi connectivity index (χ0n) is 12.9. The summed E-state index contributed by atoms with van der Waals surface area (Å²) in [5.41, 5.74) is 0.488. The van der Waals surface area contributed by atoms with Crippen molar-refractivity contribution in [1.29, 1.82) is 0 Å². The van der Waals surface area contributed by atoms with E-state index < -0.39 is 25.3 Å². The maximum Gasteiger partial charge on any atom is 0.338 e. The van der Waals surface area contributed by atoms with Crippen molar-refractivity contribution in [3.8, 4) is 0 Å². The fraction of sp³-hybridized carbons (Fsp3) is 0.562. The van der Waals surface area contributed by atoms with Gasteiger partial charge in [0.2, 0.25) is 0 Å². The minimum atomic E-state index is -3.26. The first-order valence-corrected chi connectivity index (χ1v) is 8.55. The number of benzene rings is 1. The maximum atomic E-state index is 12.5. The molecule has 0 amide bonds. The van der Waals surface area contributed by atoms with E-state index in [0.29, 0.717) is 18.4 Å². The van der Waals surface area contributed by atoms with Crippen molar-refractivity contribution in [2.24, 2.45) is 0 Å². The van der Waals surface area contributed by atoms with E-state index in [1.807, 2.05) is 6.07 Å². The van der Waals surface area contributed by atoms with Gasteiger partial charge in [0.1, 0.15) is 6.10 Å². The van der Waals surface area contributed by atoms with E-state index in [1.54, 1.807) is 52.0 Å². The molecule has 1 aliphatic rings. The van der Waals surface area contributed by atoms with E-state index in [-0.39, 0.29) is 6.10 Å². The number of carbonyl (C=O) groups is 1. The molecular formula is C16H22O4S. The van der Waals surface area contributed by atoms with Crippen LogP contribution in [0.15, 0.2) is 30.3 Å². The SMILES string of the molecule is CC1(C)CC(OC(=O)c2ccccc2)CC(C)(C)S1(=O)=O. The number of hydrogen-bond acceptors (Lipinski definition) is 4. The predicted octanol–water partition coefficient (Wildman–Crippen LogP) is 2.98. The number of ether oxygens (including phenoxy) is 1. The van der Waals surface area contributed by atoms with Crippen LogP contribution in [-0.2, 0) is 14.6 Å². The third kappa shape index (κ3) is 2.84. The summed E-state index contributed by atoms with van der Waals surface area (Å²) >= 11 is 0. The van der Waals surface area contributed by atoms with Crippen LogP contribution < -0.4 is 0 Å². The summed E-state index contributed by atoms with van der Waals surface area (Å²) in [4.78, 5) is 12.1. The highest BCUT2D eigenvalue weighted by molar-refractivity contribution is 7.94. The Labute approximate surface area is 126 Å². The lowest BCUT2D eigenvalue weighted by molar-refractivity contribution is 0.0193. The highest BCUT2D eigenvalue weighted by Crippen LogP contribution is 2.42. The zero-order valence-corrected chi connectivity index (χ0v) is 13.7. The Morgan fingerprint density at radius 1 is 1.05 bits per heavy atom. The molecule has 1 fully saturated rings. The Morgan fingerprint density at radius 3 is 2.00 bits per heavy atom. The smallest absolute Gasteiger partial charge is 0.338 e. The van der Waals surface area contributed by atoms with Crippen LogP contribution in [0.25, 0.3) is 0 Å². The standard InChI is InChI=1S/C16H22O4S/c1-15(2)10-13(11-16(3,4)21(15,18)19)20-14(17)12-8-6-5-7-9-12/h5-9,13H,10-11H2,1-4H3. The fourth-order valence-electron chi connectivity index (χ4n) is 3.01. The third-order valence-corrected chi connectivity index (χ3v) is 7.42. The van der Waals surface area contributed by atoms with Crippen LogP contribution in [-0.4, -0.2) is 30.0 Å². The Bertz CT molecular complexity index is 606. The third-order valence-electron chi connectivity index (χ3n) is 4.18. The molecule has 1 aromatic carbocycles. The molecule has 0 atom stereocenters. The van der Waals surface area contributed by atoms with Gasteiger partial charge in [-0.25, -0.2) is 13.2 Å². The lowest BCUT2D eigenvalue weighted by Crippen LogP contribution is -2.54. The minimum Gasteiger partial charge on any atom is -0.459 e. The van der Waals surface area contributed by atoms with Gasteiger partial charge in [-0.05, 0) is 39.8 Å². The van der Waals surface area contributed by atoms with E-state index in [1.165, 1.54) is 0 Å². The number of sulfone groups is 1. The molecule has 0 saturated carbocycles.